The van der Waals surface area contributed by atoms with Crippen LogP contribution in [-0.2, 0) is 0 Å². The maximum absolute atomic E-state index is 3.62. The van der Waals surface area contributed by atoms with Crippen LogP contribution in [0.1, 0.15) is 51.9 Å². The Morgan fingerprint density at radius 1 is 1.15 bits per heavy atom. The fourth-order valence-corrected chi connectivity index (χ4v) is 3.13. The molecule has 0 aromatic heterocycles. The first-order valence-electron chi connectivity index (χ1n) is 6.08. The summed E-state index contributed by atoms with van der Waals surface area (Å²) in [6.45, 7) is 3.70. The predicted octanol–water partition coefficient (Wildman–Crippen LogP) is 2.95. The second kappa shape index (κ2) is 4.45. The third-order valence-electron chi connectivity index (χ3n) is 3.83. The normalized spacial score (nSPS) is 40.8. The lowest BCUT2D eigenvalue weighted by Gasteiger charge is -2.28. The molecule has 0 aromatic rings. The number of hydrogen-bond acceptors (Lipinski definition) is 1. The molecule has 1 heteroatoms. The number of nitrogens with one attached hydrogen (secondary N) is 1. The van der Waals surface area contributed by atoms with E-state index in [0.717, 1.165) is 17.9 Å². The van der Waals surface area contributed by atoms with E-state index < -0.39 is 0 Å². The molecule has 3 atom stereocenters. The molecule has 1 aliphatic carbocycles. The van der Waals surface area contributed by atoms with Crippen LogP contribution in [0.2, 0.25) is 0 Å². The van der Waals surface area contributed by atoms with E-state index >= 15 is 0 Å². The molecule has 0 radical (unpaired) electrons. The Hall–Kier alpha value is -0.0400. The Labute approximate surface area is 82.3 Å². The van der Waals surface area contributed by atoms with Gasteiger partial charge in [0.1, 0.15) is 0 Å². The minimum Gasteiger partial charge on any atom is -0.314 e. The van der Waals surface area contributed by atoms with Crippen LogP contribution in [0.4, 0.5) is 0 Å². The van der Waals surface area contributed by atoms with Crippen molar-refractivity contribution in [2.75, 3.05) is 6.54 Å². The molecule has 2 fully saturated rings. The van der Waals surface area contributed by atoms with E-state index in [1.165, 1.54) is 51.5 Å². The van der Waals surface area contributed by atoms with Crippen molar-refractivity contribution in [3.63, 3.8) is 0 Å². The Balaban J connectivity index is 1.73. The molecule has 1 N–H and O–H groups in total. The third kappa shape index (κ3) is 2.70. The molecule has 2 aliphatic rings. The van der Waals surface area contributed by atoms with E-state index in [1.54, 1.807) is 0 Å². The van der Waals surface area contributed by atoms with Crippen LogP contribution in [0.3, 0.4) is 0 Å². The molecule has 1 saturated carbocycles. The second-order valence-electron chi connectivity index (χ2n) is 5.17. The lowest BCUT2D eigenvalue weighted by atomic mass is 9.79. The summed E-state index contributed by atoms with van der Waals surface area (Å²) in [5.74, 6) is 2.04. The maximum atomic E-state index is 3.62. The average Bonchev–Trinajstić information content (AvgIpc) is 2.57. The van der Waals surface area contributed by atoms with Gasteiger partial charge in [0.2, 0.25) is 0 Å². The van der Waals surface area contributed by atoms with Crippen molar-refractivity contribution in [2.24, 2.45) is 11.8 Å². The SMILES string of the molecule is CC1CCCC(CC2CCCN2)C1. The summed E-state index contributed by atoms with van der Waals surface area (Å²) in [6, 6.07) is 0.871. The predicted molar refractivity (Wildman–Crippen MR) is 56.8 cm³/mol. The summed E-state index contributed by atoms with van der Waals surface area (Å²) in [6.07, 6.45) is 10.3. The van der Waals surface area contributed by atoms with Crippen LogP contribution in [0.25, 0.3) is 0 Å². The van der Waals surface area contributed by atoms with Crippen molar-refractivity contribution in [1.82, 2.24) is 5.32 Å². The van der Waals surface area contributed by atoms with E-state index in [4.69, 9.17) is 0 Å². The highest BCUT2D eigenvalue weighted by Crippen LogP contribution is 2.32. The molecular formula is C12H23N. The molecule has 2 rings (SSSR count). The fraction of sp³-hybridized carbons (Fsp3) is 1.00. The molecule has 1 saturated heterocycles. The van der Waals surface area contributed by atoms with Gasteiger partial charge in [-0.2, -0.15) is 0 Å². The van der Waals surface area contributed by atoms with Gasteiger partial charge >= 0.3 is 0 Å². The van der Waals surface area contributed by atoms with Crippen LogP contribution in [0, 0.1) is 11.8 Å². The van der Waals surface area contributed by atoms with Gasteiger partial charge in [0.25, 0.3) is 0 Å². The first-order chi connectivity index (χ1) is 6.34. The van der Waals surface area contributed by atoms with Gasteiger partial charge in [-0.3, -0.25) is 0 Å². The second-order valence-corrected chi connectivity index (χ2v) is 5.17. The van der Waals surface area contributed by atoms with E-state index in [-0.39, 0.29) is 0 Å². The monoisotopic (exact) mass is 181 g/mol. The molecule has 1 aliphatic heterocycles. The van der Waals surface area contributed by atoms with Gasteiger partial charge < -0.3 is 5.32 Å². The molecule has 0 bridgehead atoms. The van der Waals surface area contributed by atoms with Crippen molar-refractivity contribution < 1.29 is 0 Å². The lowest BCUT2D eigenvalue weighted by molar-refractivity contribution is 0.252. The van der Waals surface area contributed by atoms with E-state index in [0.29, 0.717) is 0 Å². The lowest BCUT2D eigenvalue weighted by Crippen LogP contribution is -2.26. The zero-order chi connectivity index (χ0) is 9.10. The summed E-state index contributed by atoms with van der Waals surface area (Å²) in [5.41, 5.74) is 0. The van der Waals surface area contributed by atoms with Gasteiger partial charge in [0.15, 0.2) is 0 Å². The standard InChI is InChI=1S/C12H23N/c1-10-4-2-5-11(8-10)9-12-6-3-7-13-12/h10-13H,2-9H2,1H3. The topological polar surface area (TPSA) is 12.0 Å². The summed E-state index contributed by atoms with van der Waals surface area (Å²) >= 11 is 0. The quantitative estimate of drug-likeness (QED) is 0.690. The van der Waals surface area contributed by atoms with Crippen LogP contribution in [-0.4, -0.2) is 12.6 Å². The summed E-state index contributed by atoms with van der Waals surface area (Å²) < 4.78 is 0. The van der Waals surface area contributed by atoms with E-state index in [1.807, 2.05) is 0 Å². The Bertz CT molecular complexity index is 149. The average molecular weight is 181 g/mol. The van der Waals surface area contributed by atoms with Gasteiger partial charge in [-0.25, -0.2) is 0 Å². The van der Waals surface area contributed by atoms with Gasteiger partial charge in [-0.15, -0.1) is 0 Å². The molecular weight excluding hydrogens is 158 g/mol. The first kappa shape index (κ1) is 9.51. The minimum atomic E-state index is 0.871. The van der Waals surface area contributed by atoms with Crippen molar-refractivity contribution in [2.45, 2.75) is 57.9 Å². The van der Waals surface area contributed by atoms with Crippen LogP contribution in [0.5, 0.6) is 0 Å². The van der Waals surface area contributed by atoms with Crippen LogP contribution >= 0.6 is 0 Å². The molecule has 0 amide bonds. The Morgan fingerprint density at radius 2 is 2.08 bits per heavy atom. The largest absolute Gasteiger partial charge is 0.314 e. The van der Waals surface area contributed by atoms with E-state index in [9.17, 15) is 0 Å². The van der Waals surface area contributed by atoms with E-state index in [2.05, 4.69) is 12.2 Å². The zero-order valence-electron chi connectivity index (χ0n) is 8.89. The Morgan fingerprint density at radius 3 is 2.77 bits per heavy atom. The maximum Gasteiger partial charge on any atom is 0.00701 e. The van der Waals surface area contributed by atoms with Crippen molar-refractivity contribution in [3.8, 4) is 0 Å². The fourth-order valence-electron chi connectivity index (χ4n) is 3.13. The molecule has 0 aromatic carbocycles. The first-order valence-corrected chi connectivity index (χ1v) is 6.08. The highest BCUT2D eigenvalue weighted by Gasteiger charge is 2.23. The van der Waals surface area contributed by atoms with Crippen LogP contribution < -0.4 is 5.32 Å². The highest BCUT2D eigenvalue weighted by atomic mass is 14.9. The van der Waals surface area contributed by atoms with Crippen molar-refractivity contribution >= 4 is 0 Å². The van der Waals surface area contributed by atoms with Gasteiger partial charge in [0.05, 0.1) is 0 Å². The molecule has 1 heterocycles. The minimum absolute atomic E-state index is 0.871. The highest BCUT2D eigenvalue weighted by molar-refractivity contribution is 4.80. The molecule has 1 nitrogen and oxygen atoms in total. The van der Waals surface area contributed by atoms with Gasteiger partial charge in [-0.05, 0) is 44.1 Å². The van der Waals surface area contributed by atoms with Crippen LogP contribution in [0.15, 0.2) is 0 Å². The Kier molecular flexibility index (Phi) is 3.26. The number of hydrogen-bond donors (Lipinski definition) is 1. The van der Waals surface area contributed by atoms with Gasteiger partial charge in [-0.1, -0.05) is 26.2 Å². The summed E-state index contributed by atoms with van der Waals surface area (Å²) in [7, 11) is 0. The third-order valence-corrected chi connectivity index (χ3v) is 3.83. The molecule has 13 heavy (non-hydrogen) atoms. The van der Waals surface area contributed by atoms with Crippen molar-refractivity contribution in [3.05, 3.63) is 0 Å². The van der Waals surface area contributed by atoms with Gasteiger partial charge in [0, 0.05) is 6.04 Å². The zero-order valence-corrected chi connectivity index (χ0v) is 8.89. The number of rotatable bonds is 2. The van der Waals surface area contributed by atoms with Crippen molar-refractivity contribution in [1.29, 1.82) is 0 Å². The molecule has 76 valence electrons. The molecule has 0 spiro atoms. The summed E-state index contributed by atoms with van der Waals surface area (Å²) in [5, 5.41) is 3.62. The smallest absolute Gasteiger partial charge is 0.00701 e. The molecule has 3 unspecified atom stereocenters. The summed E-state index contributed by atoms with van der Waals surface area (Å²) in [4.78, 5) is 0.